The zero-order valence-electron chi connectivity index (χ0n) is 8.62. The zero-order valence-corrected chi connectivity index (χ0v) is 8.62. The van der Waals surface area contributed by atoms with Crippen LogP contribution in [0.4, 0.5) is 5.69 Å². The van der Waals surface area contributed by atoms with Gasteiger partial charge in [0.05, 0.1) is 6.61 Å². The van der Waals surface area contributed by atoms with Crippen molar-refractivity contribution in [2.75, 3.05) is 25.1 Å². The van der Waals surface area contributed by atoms with E-state index in [0.29, 0.717) is 5.92 Å². The first-order chi connectivity index (χ1) is 6.84. The van der Waals surface area contributed by atoms with Crippen LogP contribution in [0, 0.1) is 12.8 Å². The predicted molar refractivity (Wildman–Crippen MR) is 58.6 cm³/mol. The van der Waals surface area contributed by atoms with Gasteiger partial charge in [-0.25, -0.2) is 0 Å². The van der Waals surface area contributed by atoms with Crippen molar-refractivity contribution in [3.8, 4) is 0 Å². The third-order valence-corrected chi connectivity index (χ3v) is 2.67. The lowest BCUT2D eigenvalue weighted by atomic mass is 10.1. The summed E-state index contributed by atoms with van der Waals surface area (Å²) in [6, 6.07) is 8.53. The summed E-state index contributed by atoms with van der Waals surface area (Å²) in [6.07, 6.45) is 1.19. The molecule has 76 valence electrons. The Bertz CT molecular complexity index is 275. The van der Waals surface area contributed by atoms with E-state index in [1.165, 1.54) is 17.7 Å². The van der Waals surface area contributed by atoms with Gasteiger partial charge in [0.15, 0.2) is 0 Å². The Kier molecular flexibility index (Phi) is 3.04. The maximum atomic E-state index is 5.32. The molecule has 0 saturated carbocycles. The van der Waals surface area contributed by atoms with Gasteiger partial charge in [-0.3, -0.25) is 0 Å². The molecule has 1 heterocycles. The molecular weight excluding hydrogens is 174 g/mol. The summed E-state index contributed by atoms with van der Waals surface area (Å²) >= 11 is 0. The molecule has 1 fully saturated rings. The fraction of sp³-hybridized carbons (Fsp3) is 0.500. The molecule has 14 heavy (non-hydrogen) atoms. The molecule has 1 aliphatic heterocycles. The number of nitrogens with one attached hydrogen (secondary N) is 1. The molecule has 1 unspecified atom stereocenters. The molecular formula is C12H17NO. The molecule has 1 N–H and O–H groups in total. The Hall–Kier alpha value is -1.02. The lowest BCUT2D eigenvalue weighted by Crippen LogP contribution is -2.13. The number of benzene rings is 1. The van der Waals surface area contributed by atoms with E-state index in [9.17, 15) is 0 Å². The van der Waals surface area contributed by atoms with Crippen molar-refractivity contribution in [2.45, 2.75) is 13.3 Å². The second-order valence-corrected chi connectivity index (χ2v) is 3.98. The van der Waals surface area contributed by atoms with E-state index in [0.717, 1.165) is 19.8 Å². The smallest absolute Gasteiger partial charge is 0.0511 e. The molecule has 2 heteroatoms. The predicted octanol–water partition coefficient (Wildman–Crippen LogP) is 2.44. The monoisotopic (exact) mass is 191 g/mol. The molecule has 1 saturated heterocycles. The highest BCUT2D eigenvalue weighted by Crippen LogP contribution is 2.14. The summed E-state index contributed by atoms with van der Waals surface area (Å²) in [6.45, 7) is 4.98. The van der Waals surface area contributed by atoms with Gasteiger partial charge < -0.3 is 10.1 Å². The Balaban J connectivity index is 1.82. The summed E-state index contributed by atoms with van der Waals surface area (Å²) in [4.78, 5) is 0. The van der Waals surface area contributed by atoms with Gasteiger partial charge in [0, 0.05) is 24.8 Å². The molecule has 1 aromatic rings. The van der Waals surface area contributed by atoms with Gasteiger partial charge in [-0.05, 0) is 25.5 Å². The standard InChI is InChI=1S/C12H17NO/c1-10-2-4-12(5-3-10)13-8-11-6-7-14-9-11/h2-5,11,13H,6-9H2,1H3. The molecule has 0 bridgehead atoms. The van der Waals surface area contributed by atoms with Gasteiger partial charge in [0.1, 0.15) is 0 Å². The van der Waals surface area contributed by atoms with Crippen molar-refractivity contribution in [3.63, 3.8) is 0 Å². The molecule has 0 amide bonds. The van der Waals surface area contributed by atoms with Crippen LogP contribution in [0.3, 0.4) is 0 Å². The van der Waals surface area contributed by atoms with Crippen LogP contribution in [0.25, 0.3) is 0 Å². The van der Waals surface area contributed by atoms with Crippen LogP contribution in [0.5, 0.6) is 0 Å². The average molecular weight is 191 g/mol. The molecule has 0 aromatic heterocycles. The first-order valence-electron chi connectivity index (χ1n) is 5.23. The van der Waals surface area contributed by atoms with E-state index in [-0.39, 0.29) is 0 Å². The summed E-state index contributed by atoms with van der Waals surface area (Å²) in [5, 5.41) is 3.43. The summed E-state index contributed by atoms with van der Waals surface area (Å²) in [5.41, 5.74) is 2.52. The highest BCUT2D eigenvalue weighted by atomic mass is 16.5. The quantitative estimate of drug-likeness (QED) is 0.792. The van der Waals surface area contributed by atoms with Crippen LogP contribution in [0.15, 0.2) is 24.3 Å². The van der Waals surface area contributed by atoms with E-state index in [1.54, 1.807) is 0 Å². The molecule has 0 aliphatic carbocycles. The Morgan fingerprint density at radius 2 is 2.14 bits per heavy atom. The molecule has 1 aliphatic rings. The number of hydrogen-bond donors (Lipinski definition) is 1. The Labute approximate surface area is 85.3 Å². The Morgan fingerprint density at radius 1 is 1.36 bits per heavy atom. The molecule has 0 spiro atoms. The second kappa shape index (κ2) is 4.47. The van der Waals surface area contributed by atoms with Gasteiger partial charge in [-0.1, -0.05) is 17.7 Å². The maximum Gasteiger partial charge on any atom is 0.0511 e. The molecule has 2 nitrogen and oxygen atoms in total. The van der Waals surface area contributed by atoms with Gasteiger partial charge >= 0.3 is 0 Å². The van der Waals surface area contributed by atoms with Crippen molar-refractivity contribution >= 4 is 5.69 Å². The number of ether oxygens (including phenoxy) is 1. The maximum absolute atomic E-state index is 5.32. The van der Waals surface area contributed by atoms with Crippen molar-refractivity contribution in [2.24, 2.45) is 5.92 Å². The number of rotatable bonds is 3. The van der Waals surface area contributed by atoms with E-state index in [2.05, 4.69) is 36.5 Å². The highest BCUT2D eigenvalue weighted by molar-refractivity contribution is 5.44. The lowest BCUT2D eigenvalue weighted by molar-refractivity contribution is 0.187. The van der Waals surface area contributed by atoms with Crippen LogP contribution in [0.2, 0.25) is 0 Å². The summed E-state index contributed by atoms with van der Waals surface area (Å²) < 4.78 is 5.32. The average Bonchev–Trinajstić information content (AvgIpc) is 2.70. The second-order valence-electron chi connectivity index (χ2n) is 3.98. The van der Waals surface area contributed by atoms with Crippen LogP contribution in [-0.4, -0.2) is 19.8 Å². The van der Waals surface area contributed by atoms with Gasteiger partial charge in [-0.2, -0.15) is 0 Å². The number of anilines is 1. The van der Waals surface area contributed by atoms with Gasteiger partial charge in [0.2, 0.25) is 0 Å². The summed E-state index contributed by atoms with van der Waals surface area (Å²) in [7, 11) is 0. The van der Waals surface area contributed by atoms with Crippen LogP contribution < -0.4 is 5.32 Å². The van der Waals surface area contributed by atoms with Gasteiger partial charge in [0.25, 0.3) is 0 Å². The van der Waals surface area contributed by atoms with Crippen LogP contribution >= 0.6 is 0 Å². The van der Waals surface area contributed by atoms with Crippen LogP contribution in [0.1, 0.15) is 12.0 Å². The zero-order chi connectivity index (χ0) is 9.80. The fourth-order valence-electron chi connectivity index (χ4n) is 1.68. The van der Waals surface area contributed by atoms with Crippen molar-refractivity contribution in [3.05, 3.63) is 29.8 Å². The van der Waals surface area contributed by atoms with E-state index < -0.39 is 0 Å². The SMILES string of the molecule is Cc1ccc(NCC2CCOC2)cc1. The van der Waals surface area contributed by atoms with Crippen molar-refractivity contribution in [1.82, 2.24) is 0 Å². The molecule has 2 rings (SSSR count). The van der Waals surface area contributed by atoms with E-state index in [4.69, 9.17) is 4.74 Å². The topological polar surface area (TPSA) is 21.3 Å². The highest BCUT2D eigenvalue weighted by Gasteiger charge is 2.14. The minimum atomic E-state index is 0.691. The third kappa shape index (κ3) is 2.48. The number of hydrogen-bond acceptors (Lipinski definition) is 2. The third-order valence-electron chi connectivity index (χ3n) is 2.67. The Morgan fingerprint density at radius 3 is 2.79 bits per heavy atom. The van der Waals surface area contributed by atoms with Crippen molar-refractivity contribution in [1.29, 1.82) is 0 Å². The lowest BCUT2D eigenvalue weighted by Gasteiger charge is -2.10. The van der Waals surface area contributed by atoms with E-state index >= 15 is 0 Å². The molecule has 1 aromatic carbocycles. The largest absolute Gasteiger partial charge is 0.385 e. The van der Waals surface area contributed by atoms with E-state index in [1.807, 2.05) is 0 Å². The molecule has 1 atom stereocenters. The van der Waals surface area contributed by atoms with Crippen LogP contribution in [-0.2, 0) is 4.74 Å². The van der Waals surface area contributed by atoms with Crippen molar-refractivity contribution < 1.29 is 4.74 Å². The minimum absolute atomic E-state index is 0.691. The fourth-order valence-corrected chi connectivity index (χ4v) is 1.68. The number of aryl methyl sites for hydroxylation is 1. The first-order valence-corrected chi connectivity index (χ1v) is 5.23. The normalized spacial score (nSPS) is 21.1. The van der Waals surface area contributed by atoms with Gasteiger partial charge in [-0.15, -0.1) is 0 Å². The summed E-state index contributed by atoms with van der Waals surface area (Å²) in [5.74, 6) is 0.691. The molecule has 0 radical (unpaired) electrons. The minimum Gasteiger partial charge on any atom is -0.385 e. The first kappa shape index (κ1) is 9.53.